The van der Waals surface area contributed by atoms with Gasteiger partial charge in [-0.15, -0.1) is 0 Å². The van der Waals surface area contributed by atoms with Crippen LogP contribution in [0.4, 0.5) is 4.39 Å². The summed E-state index contributed by atoms with van der Waals surface area (Å²) in [6, 6.07) is 6.33. The van der Waals surface area contributed by atoms with E-state index in [0.29, 0.717) is 13.1 Å². The molecule has 1 aromatic rings. The molecule has 0 fully saturated rings. The fourth-order valence-corrected chi connectivity index (χ4v) is 2.36. The lowest BCUT2D eigenvalue weighted by molar-refractivity contribution is 0.582. The molecule has 18 heavy (non-hydrogen) atoms. The summed E-state index contributed by atoms with van der Waals surface area (Å²) in [6.45, 7) is 4.53. The Morgan fingerprint density at radius 1 is 1.17 bits per heavy atom. The average molecular weight is 273 g/mol. The summed E-state index contributed by atoms with van der Waals surface area (Å²) < 4.78 is 35.7. The van der Waals surface area contributed by atoms with E-state index >= 15 is 0 Å². The van der Waals surface area contributed by atoms with E-state index < -0.39 is 9.84 Å². The molecule has 0 radical (unpaired) electrons. The third kappa shape index (κ3) is 5.14. The molecule has 1 rings (SSSR count). The maximum Gasteiger partial charge on any atom is 0.153 e. The molecule has 1 aromatic carbocycles. The summed E-state index contributed by atoms with van der Waals surface area (Å²) >= 11 is 0. The van der Waals surface area contributed by atoms with Gasteiger partial charge in [-0.1, -0.05) is 12.1 Å². The molecule has 102 valence electrons. The average Bonchev–Trinajstić information content (AvgIpc) is 2.31. The van der Waals surface area contributed by atoms with Crippen LogP contribution >= 0.6 is 0 Å². The zero-order valence-electron chi connectivity index (χ0n) is 10.8. The Labute approximate surface area is 108 Å². The third-order valence-corrected chi connectivity index (χ3v) is 4.99. The van der Waals surface area contributed by atoms with Crippen LogP contribution in [0.1, 0.15) is 19.4 Å². The van der Waals surface area contributed by atoms with Gasteiger partial charge in [-0.25, -0.2) is 12.8 Å². The summed E-state index contributed by atoms with van der Waals surface area (Å²) in [5.41, 5.74) is 1.04. The molecule has 0 saturated carbocycles. The summed E-state index contributed by atoms with van der Waals surface area (Å²) in [5, 5.41) is 2.76. The second-order valence-electron chi connectivity index (χ2n) is 4.54. The van der Waals surface area contributed by atoms with E-state index in [1.165, 1.54) is 12.1 Å². The highest BCUT2D eigenvalue weighted by molar-refractivity contribution is 7.92. The van der Waals surface area contributed by atoms with Crippen molar-refractivity contribution < 1.29 is 12.8 Å². The maximum atomic E-state index is 12.7. The van der Waals surface area contributed by atoms with Crippen LogP contribution in [0.25, 0.3) is 0 Å². The number of hydrogen-bond acceptors (Lipinski definition) is 3. The lowest BCUT2D eigenvalue weighted by atomic mass is 10.1. The van der Waals surface area contributed by atoms with Crippen LogP contribution in [0.5, 0.6) is 0 Å². The molecule has 0 aliphatic rings. The highest BCUT2D eigenvalue weighted by Gasteiger charge is 2.14. The minimum atomic E-state index is -2.96. The van der Waals surface area contributed by atoms with Gasteiger partial charge in [-0.3, -0.25) is 0 Å². The Balaban J connectivity index is 2.22. The van der Waals surface area contributed by atoms with Crippen LogP contribution in [0.15, 0.2) is 24.3 Å². The first-order chi connectivity index (χ1) is 8.42. The molecule has 0 atom stereocenters. The highest BCUT2D eigenvalue weighted by Crippen LogP contribution is 2.03. The van der Waals surface area contributed by atoms with Crippen LogP contribution in [-0.4, -0.2) is 32.5 Å². The van der Waals surface area contributed by atoms with Gasteiger partial charge in [-0.05, 0) is 44.5 Å². The first kappa shape index (κ1) is 15.1. The number of halogens is 1. The van der Waals surface area contributed by atoms with Crippen molar-refractivity contribution in [2.45, 2.75) is 25.5 Å². The largest absolute Gasteiger partial charge is 0.315 e. The van der Waals surface area contributed by atoms with E-state index in [4.69, 9.17) is 0 Å². The molecular weight excluding hydrogens is 253 g/mol. The zero-order chi connectivity index (χ0) is 13.6. The SMILES string of the molecule is CC(C)S(=O)(=O)CCNCCc1ccc(F)cc1. The molecule has 0 bridgehead atoms. The number of rotatable bonds is 7. The van der Waals surface area contributed by atoms with Crippen LogP contribution in [0, 0.1) is 5.82 Å². The van der Waals surface area contributed by atoms with Crippen molar-refractivity contribution in [3.8, 4) is 0 Å². The lowest BCUT2D eigenvalue weighted by Crippen LogP contribution is -2.28. The van der Waals surface area contributed by atoms with E-state index in [1.54, 1.807) is 26.0 Å². The molecule has 0 unspecified atom stereocenters. The second kappa shape index (κ2) is 6.85. The minimum Gasteiger partial charge on any atom is -0.315 e. The van der Waals surface area contributed by atoms with Gasteiger partial charge in [0.2, 0.25) is 0 Å². The predicted octanol–water partition coefficient (Wildman–Crippen LogP) is 1.78. The normalized spacial score (nSPS) is 12.0. The van der Waals surface area contributed by atoms with Gasteiger partial charge in [0, 0.05) is 6.54 Å². The van der Waals surface area contributed by atoms with Gasteiger partial charge >= 0.3 is 0 Å². The summed E-state index contributed by atoms with van der Waals surface area (Å²) in [6.07, 6.45) is 0.766. The number of hydrogen-bond donors (Lipinski definition) is 1. The molecular formula is C13H20FNO2S. The standard InChI is InChI=1S/C13H20FNO2S/c1-11(2)18(16,17)10-9-15-8-7-12-3-5-13(14)6-4-12/h3-6,11,15H,7-10H2,1-2H3. The number of sulfone groups is 1. The van der Waals surface area contributed by atoms with E-state index in [1.807, 2.05) is 0 Å². The summed E-state index contributed by atoms with van der Waals surface area (Å²) in [4.78, 5) is 0. The van der Waals surface area contributed by atoms with Gasteiger partial charge < -0.3 is 5.32 Å². The molecule has 1 N–H and O–H groups in total. The number of nitrogens with one attached hydrogen (secondary N) is 1. The van der Waals surface area contributed by atoms with Crippen molar-refractivity contribution in [3.63, 3.8) is 0 Å². The second-order valence-corrected chi connectivity index (χ2v) is 7.22. The topological polar surface area (TPSA) is 46.2 Å². The van der Waals surface area contributed by atoms with Crippen LogP contribution in [0.3, 0.4) is 0 Å². The van der Waals surface area contributed by atoms with E-state index in [-0.39, 0.29) is 16.8 Å². The van der Waals surface area contributed by atoms with Gasteiger partial charge in [0.15, 0.2) is 9.84 Å². The Bertz CT molecular complexity index is 454. The smallest absolute Gasteiger partial charge is 0.153 e. The Morgan fingerprint density at radius 3 is 2.33 bits per heavy atom. The molecule has 0 aliphatic carbocycles. The van der Waals surface area contributed by atoms with Gasteiger partial charge in [-0.2, -0.15) is 0 Å². The first-order valence-electron chi connectivity index (χ1n) is 6.08. The van der Waals surface area contributed by atoms with Crippen LogP contribution < -0.4 is 5.32 Å². The lowest BCUT2D eigenvalue weighted by Gasteiger charge is -2.08. The quantitative estimate of drug-likeness (QED) is 0.770. The minimum absolute atomic E-state index is 0.161. The van der Waals surface area contributed by atoms with E-state index in [2.05, 4.69) is 5.32 Å². The number of benzene rings is 1. The van der Waals surface area contributed by atoms with E-state index in [9.17, 15) is 12.8 Å². The van der Waals surface area contributed by atoms with E-state index in [0.717, 1.165) is 12.0 Å². The van der Waals surface area contributed by atoms with Gasteiger partial charge in [0.05, 0.1) is 11.0 Å². The van der Waals surface area contributed by atoms with Gasteiger partial charge in [0.25, 0.3) is 0 Å². The van der Waals surface area contributed by atoms with Crippen molar-refractivity contribution in [1.82, 2.24) is 5.32 Å². The molecule has 0 spiro atoms. The van der Waals surface area contributed by atoms with Crippen molar-refractivity contribution >= 4 is 9.84 Å². The molecule has 0 aliphatic heterocycles. The first-order valence-corrected chi connectivity index (χ1v) is 7.80. The van der Waals surface area contributed by atoms with Crippen LogP contribution in [-0.2, 0) is 16.3 Å². The third-order valence-electron chi connectivity index (χ3n) is 2.79. The Morgan fingerprint density at radius 2 is 1.78 bits per heavy atom. The maximum absolute atomic E-state index is 12.7. The molecule has 0 amide bonds. The zero-order valence-corrected chi connectivity index (χ0v) is 11.6. The van der Waals surface area contributed by atoms with Gasteiger partial charge in [0.1, 0.15) is 5.82 Å². The molecule has 0 heterocycles. The Kier molecular flexibility index (Phi) is 5.75. The summed E-state index contributed by atoms with van der Waals surface area (Å²) in [5.74, 6) is -0.0802. The molecule has 5 heteroatoms. The van der Waals surface area contributed by atoms with Crippen LogP contribution in [0.2, 0.25) is 0 Å². The monoisotopic (exact) mass is 273 g/mol. The highest BCUT2D eigenvalue weighted by atomic mass is 32.2. The summed E-state index contributed by atoms with van der Waals surface area (Å²) in [7, 11) is -2.96. The fraction of sp³-hybridized carbons (Fsp3) is 0.538. The van der Waals surface area contributed by atoms with Crippen molar-refractivity contribution in [2.75, 3.05) is 18.8 Å². The van der Waals surface area contributed by atoms with Crippen molar-refractivity contribution in [1.29, 1.82) is 0 Å². The molecule has 3 nitrogen and oxygen atoms in total. The fourth-order valence-electron chi connectivity index (χ4n) is 1.46. The molecule has 0 saturated heterocycles. The Hall–Kier alpha value is -0.940. The molecule has 0 aromatic heterocycles. The predicted molar refractivity (Wildman–Crippen MR) is 71.9 cm³/mol. The van der Waals surface area contributed by atoms with Crippen molar-refractivity contribution in [2.24, 2.45) is 0 Å². The van der Waals surface area contributed by atoms with Crippen molar-refractivity contribution in [3.05, 3.63) is 35.6 Å².